The van der Waals surface area contributed by atoms with Gasteiger partial charge in [-0.1, -0.05) is 36.4 Å². The fraction of sp³-hybridized carbons (Fsp3) is 0.238. The Hall–Kier alpha value is -2.88. The van der Waals surface area contributed by atoms with Gasteiger partial charge in [0.2, 0.25) is 0 Å². The van der Waals surface area contributed by atoms with Crippen LogP contribution in [0, 0.1) is 6.92 Å². The third kappa shape index (κ3) is 3.33. The molecule has 1 heterocycles. The maximum atomic E-state index is 11.0. The van der Waals surface area contributed by atoms with E-state index in [4.69, 9.17) is 0 Å². The van der Waals surface area contributed by atoms with Gasteiger partial charge in [-0.25, -0.2) is 0 Å². The molecule has 0 aliphatic carbocycles. The van der Waals surface area contributed by atoms with E-state index < -0.39 is 0 Å². The summed E-state index contributed by atoms with van der Waals surface area (Å²) in [6.45, 7) is 14.0. The predicted molar refractivity (Wildman–Crippen MR) is 102 cm³/mol. The molecule has 0 aliphatic heterocycles. The van der Waals surface area contributed by atoms with Crippen molar-refractivity contribution in [3.63, 3.8) is 0 Å². The Morgan fingerprint density at radius 2 is 1.52 bits per heavy atom. The minimum atomic E-state index is 0.213. The molecule has 4 heteroatoms. The van der Waals surface area contributed by atoms with Gasteiger partial charge in [-0.2, -0.15) is 0 Å². The molecule has 0 bridgehead atoms. The van der Waals surface area contributed by atoms with Crippen molar-refractivity contribution in [1.29, 1.82) is 0 Å². The molecule has 0 radical (unpaired) electrons. The van der Waals surface area contributed by atoms with Gasteiger partial charge in [0.05, 0.1) is 0 Å². The van der Waals surface area contributed by atoms with Crippen LogP contribution in [0.3, 0.4) is 0 Å². The second kappa shape index (κ2) is 6.55. The van der Waals surface area contributed by atoms with E-state index in [9.17, 15) is 5.11 Å². The van der Waals surface area contributed by atoms with Crippen LogP contribution in [0.15, 0.2) is 54.6 Å². The standard InChI is InChI=1S/C21H23N3O/c1-13(2)10-16-15(5)12-20(21(25)17(16)11-14(3)4)24-22-18-8-6-7-9-19(18)23-24/h6-9,12,25H,1,3,10-11H2,2,4-5H3. The number of aryl methyl sites for hydroxylation is 1. The van der Waals surface area contributed by atoms with E-state index in [0.29, 0.717) is 12.1 Å². The molecular formula is C21H23N3O. The topological polar surface area (TPSA) is 50.9 Å². The third-order valence-electron chi connectivity index (χ3n) is 4.18. The number of rotatable bonds is 5. The SMILES string of the molecule is C=C(C)Cc1c(C)cc(-n2nc3ccccc3n2)c(O)c1CC(=C)C. The van der Waals surface area contributed by atoms with Gasteiger partial charge in [0.1, 0.15) is 22.5 Å². The van der Waals surface area contributed by atoms with Crippen molar-refractivity contribution in [2.45, 2.75) is 33.6 Å². The van der Waals surface area contributed by atoms with Gasteiger partial charge < -0.3 is 5.11 Å². The van der Waals surface area contributed by atoms with Crippen molar-refractivity contribution < 1.29 is 5.11 Å². The summed E-state index contributed by atoms with van der Waals surface area (Å²) in [4.78, 5) is 1.51. The molecule has 0 aliphatic rings. The zero-order valence-electron chi connectivity index (χ0n) is 15.0. The maximum Gasteiger partial charge on any atom is 0.146 e. The van der Waals surface area contributed by atoms with E-state index in [2.05, 4.69) is 23.4 Å². The molecule has 0 unspecified atom stereocenters. The van der Waals surface area contributed by atoms with E-state index in [1.165, 1.54) is 4.80 Å². The Balaban J connectivity index is 2.21. The molecule has 25 heavy (non-hydrogen) atoms. The molecule has 4 nitrogen and oxygen atoms in total. The zero-order valence-corrected chi connectivity index (χ0v) is 15.0. The molecule has 2 aromatic carbocycles. The Kier molecular flexibility index (Phi) is 4.45. The largest absolute Gasteiger partial charge is 0.505 e. The minimum absolute atomic E-state index is 0.213. The highest BCUT2D eigenvalue weighted by molar-refractivity contribution is 5.74. The molecular weight excluding hydrogens is 310 g/mol. The van der Waals surface area contributed by atoms with Gasteiger partial charge in [-0.3, -0.25) is 0 Å². The zero-order chi connectivity index (χ0) is 18.1. The summed E-state index contributed by atoms with van der Waals surface area (Å²) in [6, 6.07) is 9.61. The molecule has 0 saturated heterocycles. The Bertz CT molecular complexity index is 949. The number of aromatic hydroxyl groups is 1. The molecule has 3 rings (SSSR count). The smallest absolute Gasteiger partial charge is 0.146 e. The van der Waals surface area contributed by atoms with Gasteiger partial charge in [0.15, 0.2) is 0 Å². The lowest BCUT2D eigenvalue weighted by molar-refractivity contribution is 0.460. The number of aromatic nitrogens is 3. The van der Waals surface area contributed by atoms with Crippen molar-refractivity contribution in [3.05, 3.63) is 71.3 Å². The molecule has 0 atom stereocenters. The lowest BCUT2D eigenvalue weighted by Gasteiger charge is -2.18. The quantitative estimate of drug-likeness (QED) is 0.690. The summed E-state index contributed by atoms with van der Waals surface area (Å²) in [6.07, 6.45) is 1.35. The van der Waals surface area contributed by atoms with Crippen LogP contribution in [-0.4, -0.2) is 20.1 Å². The molecule has 128 valence electrons. The number of hydrogen-bond donors (Lipinski definition) is 1. The highest BCUT2D eigenvalue weighted by atomic mass is 16.3. The van der Waals surface area contributed by atoms with Crippen molar-refractivity contribution in [1.82, 2.24) is 15.0 Å². The summed E-state index contributed by atoms with van der Waals surface area (Å²) in [7, 11) is 0. The van der Waals surface area contributed by atoms with Crippen molar-refractivity contribution in [3.8, 4) is 11.4 Å². The average molecular weight is 333 g/mol. The molecule has 1 N–H and O–H groups in total. The van der Waals surface area contributed by atoms with Crippen LogP contribution in [0.5, 0.6) is 5.75 Å². The average Bonchev–Trinajstić information content (AvgIpc) is 2.97. The first kappa shape index (κ1) is 17.0. The first-order valence-corrected chi connectivity index (χ1v) is 8.32. The first-order chi connectivity index (χ1) is 11.9. The van der Waals surface area contributed by atoms with E-state index in [1.807, 2.05) is 51.1 Å². The summed E-state index contributed by atoms with van der Waals surface area (Å²) in [5, 5.41) is 20.0. The number of allylic oxidation sites excluding steroid dienone is 2. The van der Waals surface area contributed by atoms with Crippen LogP contribution in [-0.2, 0) is 12.8 Å². The second-order valence-corrected chi connectivity index (χ2v) is 6.76. The summed E-state index contributed by atoms with van der Waals surface area (Å²) < 4.78 is 0. The number of phenols is 1. The maximum absolute atomic E-state index is 11.0. The lowest BCUT2D eigenvalue weighted by atomic mass is 9.91. The van der Waals surface area contributed by atoms with Crippen molar-refractivity contribution >= 4 is 11.0 Å². The fourth-order valence-electron chi connectivity index (χ4n) is 3.06. The normalized spacial score (nSPS) is 11.0. The number of nitrogens with zero attached hydrogens (tertiary/aromatic N) is 3. The molecule has 0 amide bonds. The number of fused-ring (bicyclic) bond motifs is 1. The van der Waals surface area contributed by atoms with Gasteiger partial charge in [0.25, 0.3) is 0 Å². The van der Waals surface area contributed by atoms with Gasteiger partial charge in [0, 0.05) is 5.56 Å². The highest BCUT2D eigenvalue weighted by Gasteiger charge is 2.18. The van der Waals surface area contributed by atoms with Gasteiger partial charge in [-0.15, -0.1) is 15.0 Å². The molecule has 0 spiro atoms. The van der Waals surface area contributed by atoms with E-state index in [0.717, 1.165) is 45.3 Å². The fourth-order valence-corrected chi connectivity index (χ4v) is 3.06. The van der Waals surface area contributed by atoms with Crippen LogP contribution in [0.25, 0.3) is 16.7 Å². The van der Waals surface area contributed by atoms with E-state index in [-0.39, 0.29) is 5.75 Å². The Morgan fingerprint density at radius 3 is 2.04 bits per heavy atom. The van der Waals surface area contributed by atoms with E-state index >= 15 is 0 Å². The Labute approximate surface area is 148 Å². The minimum Gasteiger partial charge on any atom is -0.505 e. The monoisotopic (exact) mass is 333 g/mol. The number of hydrogen-bond acceptors (Lipinski definition) is 3. The summed E-state index contributed by atoms with van der Waals surface area (Å²) in [5.74, 6) is 0.213. The van der Waals surface area contributed by atoms with E-state index in [1.54, 1.807) is 0 Å². The number of phenolic OH excluding ortho intramolecular Hbond substituents is 1. The highest BCUT2D eigenvalue weighted by Crippen LogP contribution is 2.34. The van der Waals surface area contributed by atoms with Crippen LogP contribution >= 0.6 is 0 Å². The van der Waals surface area contributed by atoms with Crippen LogP contribution < -0.4 is 0 Å². The van der Waals surface area contributed by atoms with Crippen LogP contribution in [0.2, 0.25) is 0 Å². The third-order valence-corrected chi connectivity index (χ3v) is 4.18. The summed E-state index contributed by atoms with van der Waals surface area (Å²) >= 11 is 0. The molecule has 0 fully saturated rings. The summed E-state index contributed by atoms with van der Waals surface area (Å²) in [5.41, 5.74) is 7.32. The Morgan fingerprint density at radius 1 is 1.00 bits per heavy atom. The second-order valence-electron chi connectivity index (χ2n) is 6.76. The van der Waals surface area contributed by atoms with Gasteiger partial charge in [-0.05, 0) is 62.9 Å². The molecule has 0 saturated carbocycles. The van der Waals surface area contributed by atoms with Gasteiger partial charge >= 0.3 is 0 Å². The molecule has 1 aromatic heterocycles. The molecule has 3 aromatic rings. The van der Waals surface area contributed by atoms with Crippen molar-refractivity contribution in [2.75, 3.05) is 0 Å². The predicted octanol–water partition coefficient (Wildman–Crippen LogP) is 4.67. The lowest BCUT2D eigenvalue weighted by Crippen LogP contribution is -2.06. The van der Waals surface area contributed by atoms with Crippen LogP contribution in [0.4, 0.5) is 0 Å². The first-order valence-electron chi connectivity index (χ1n) is 8.32. The number of benzene rings is 2. The van der Waals surface area contributed by atoms with Crippen molar-refractivity contribution in [2.24, 2.45) is 0 Å². The van der Waals surface area contributed by atoms with Crippen LogP contribution in [0.1, 0.15) is 30.5 Å².